The van der Waals surface area contributed by atoms with Gasteiger partial charge in [-0.2, -0.15) is 5.26 Å². The molecule has 0 aliphatic carbocycles. The molecule has 0 aromatic heterocycles. The van der Waals surface area contributed by atoms with Gasteiger partial charge in [-0.25, -0.2) is 0 Å². The first kappa shape index (κ1) is 7.18. The lowest BCUT2D eigenvalue weighted by atomic mass is 10.3. The molecular weight excluding hydrogens is 205 g/mol. The highest BCUT2D eigenvalue weighted by atomic mass is 127. The van der Waals surface area contributed by atoms with Crippen LogP contribution in [0.2, 0.25) is 0 Å². The minimum atomic E-state index is -0.425. The number of nitriles is 1. The van der Waals surface area contributed by atoms with E-state index in [0.717, 1.165) is 0 Å². The van der Waals surface area contributed by atoms with Crippen LogP contribution in [0.3, 0.4) is 0 Å². The summed E-state index contributed by atoms with van der Waals surface area (Å²) in [6.07, 6.45) is -0.172. The largest absolute Gasteiger partial charge is 0.391 e. The lowest BCUT2D eigenvalue weighted by Crippen LogP contribution is -2.04. The molecule has 0 rings (SSSR count). The van der Waals surface area contributed by atoms with E-state index in [9.17, 15) is 0 Å². The van der Waals surface area contributed by atoms with Gasteiger partial charge in [0.25, 0.3) is 0 Å². The highest BCUT2D eigenvalue weighted by Gasteiger charge is 1.96. The maximum absolute atomic E-state index is 8.63. The number of aliphatic hydroxyl groups excluding tert-OH is 1. The molecule has 0 radical (unpaired) electrons. The van der Waals surface area contributed by atoms with Crippen molar-refractivity contribution < 1.29 is 5.11 Å². The average Bonchev–Trinajstić information content (AvgIpc) is 1.68. The molecule has 2 nitrogen and oxygen atoms in total. The molecule has 1 atom stereocenters. The van der Waals surface area contributed by atoms with Gasteiger partial charge in [0.05, 0.1) is 18.6 Å². The fourth-order valence-electron chi connectivity index (χ4n) is 0.160. The van der Waals surface area contributed by atoms with Gasteiger partial charge < -0.3 is 5.11 Å². The summed E-state index contributed by atoms with van der Waals surface area (Å²) in [4.78, 5) is 0. The molecule has 0 aliphatic heterocycles. The molecule has 0 fully saturated rings. The Morgan fingerprint density at radius 1 is 1.86 bits per heavy atom. The van der Waals surface area contributed by atoms with Crippen LogP contribution in [-0.4, -0.2) is 15.6 Å². The highest BCUT2D eigenvalue weighted by Crippen LogP contribution is 1.93. The maximum Gasteiger partial charge on any atom is 0.0759 e. The van der Waals surface area contributed by atoms with Crippen molar-refractivity contribution in [1.29, 1.82) is 5.26 Å². The Kier molecular flexibility index (Phi) is 4.45. The SMILES string of the molecule is N#CC[C@H](O)CI. The van der Waals surface area contributed by atoms with Gasteiger partial charge in [0.2, 0.25) is 0 Å². The number of halogens is 1. The molecule has 1 N–H and O–H groups in total. The third-order valence-electron chi connectivity index (χ3n) is 0.505. The summed E-state index contributed by atoms with van der Waals surface area (Å²) in [5.41, 5.74) is 0. The number of nitrogens with zero attached hydrogens (tertiary/aromatic N) is 1. The molecule has 0 aromatic rings. The highest BCUT2D eigenvalue weighted by molar-refractivity contribution is 14.1. The minimum absolute atomic E-state index is 0.253. The molecule has 0 spiro atoms. The molecule has 40 valence electrons. The molecule has 0 saturated heterocycles. The lowest BCUT2D eigenvalue weighted by molar-refractivity contribution is 0.208. The van der Waals surface area contributed by atoms with Crippen LogP contribution in [0.5, 0.6) is 0 Å². The van der Waals surface area contributed by atoms with E-state index in [1.807, 2.05) is 28.7 Å². The van der Waals surface area contributed by atoms with Crippen LogP contribution < -0.4 is 0 Å². The summed E-state index contributed by atoms with van der Waals surface area (Å²) < 4.78 is 0.644. The van der Waals surface area contributed by atoms with E-state index >= 15 is 0 Å². The zero-order valence-electron chi connectivity index (χ0n) is 3.76. The zero-order chi connectivity index (χ0) is 5.70. The summed E-state index contributed by atoms with van der Waals surface area (Å²) in [5, 5.41) is 16.6. The van der Waals surface area contributed by atoms with Gasteiger partial charge in [-0.05, 0) is 0 Å². The van der Waals surface area contributed by atoms with Crippen LogP contribution in [-0.2, 0) is 0 Å². The number of hydrogen-bond donors (Lipinski definition) is 1. The predicted octanol–water partition coefficient (Wildman–Crippen LogP) is 0.696. The molecule has 0 aromatic carbocycles. The first-order valence-electron chi connectivity index (χ1n) is 1.92. The van der Waals surface area contributed by atoms with Crippen LogP contribution in [0.15, 0.2) is 0 Å². The second kappa shape index (κ2) is 4.34. The van der Waals surface area contributed by atoms with Gasteiger partial charge >= 0.3 is 0 Å². The van der Waals surface area contributed by atoms with Gasteiger partial charge in [0, 0.05) is 4.43 Å². The van der Waals surface area contributed by atoms with E-state index in [0.29, 0.717) is 4.43 Å². The summed E-state index contributed by atoms with van der Waals surface area (Å²) in [6.45, 7) is 0. The van der Waals surface area contributed by atoms with E-state index in [1.165, 1.54) is 0 Å². The minimum Gasteiger partial charge on any atom is -0.391 e. The van der Waals surface area contributed by atoms with Crippen molar-refractivity contribution in [3.8, 4) is 6.07 Å². The first-order chi connectivity index (χ1) is 3.31. The predicted molar refractivity (Wildman–Crippen MR) is 35.1 cm³/mol. The Balaban J connectivity index is 3.03. The Bertz CT molecular complexity index is 78.2. The lowest BCUT2D eigenvalue weighted by Gasteiger charge is -1.95. The molecule has 7 heavy (non-hydrogen) atoms. The maximum atomic E-state index is 8.63. The second-order valence-electron chi connectivity index (χ2n) is 1.17. The standard InChI is InChI=1S/C4H6INO/c5-3-4(7)1-2-6/h4,7H,1,3H2/t4-/m0/s1. The fourth-order valence-corrected chi connectivity index (χ4v) is 0.471. The van der Waals surface area contributed by atoms with Gasteiger partial charge in [-0.3, -0.25) is 0 Å². The van der Waals surface area contributed by atoms with Crippen molar-refractivity contribution in [2.45, 2.75) is 12.5 Å². The van der Waals surface area contributed by atoms with Gasteiger partial charge in [0.15, 0.2) is 0 Å². The summed E-state index contributed by atoms with van der Waals surface area (Å²) in [6, 6.07) is 1.86. The summed E-state index contributed by atoms with van der Waals surface area (Å²) in [7, 11) is 0. The Labute approximate surface area is 56.3 Å². The van der Waals surface area contributed by atoms with Gasteiger partial charge in [0.1, 0.15) is 0 Å². The number of rotatable bonds is 2. The Hall–Kier alpha value is 0.180. The van der Waals surface area contributed by atoms with Crippen LogP contribution >= 0.6 is 22.6 Å². The molecule has 0 bridgehead atoms. The Morgan fingerprint density at radius 3 is 2.57 bits per heavy atom. The van der Waals surface area contributed by atoms with Crippen molar-refractivity contribution in [3.05, 3.63) is 0 Å². The molecular formula is C4H6INO. The van der Waals surface area contributed by atoms with Crippen LogP contribution in [0, 0.1) is 11.3 Å². The monoisotopic (exact) mass is 211 g/mol. The fraction of sp³-hybridized carbons (Fsp3) is 0.750. The van der Waals surface area contributed by atoms with Crippen molar-refractivity contribution in [2.75, 3.05) is 4.43 Å². The topological polar surface area (TPSA) is 44.0 Å². The number of hydrogen-bond acceptors (Lipinski definition) is 2. The summed E-state index contributed by atoms with van der Waals surface area (Å²) >= 11 is 2.04. The quantitative estimate of drug-likeness (QED) is 0.539. The third-order valence-corrected chi connectivity index (χ3v) is 1.52. The average molecular weight is 211 g/mol. The zero-order valence-corrected chi connectivity index (χ0v) is 5.92. The van der Waals surface area contributed by atoms with Gasteiger partial charge in [-0.1, -0.05) is 22.6 Å². The van der Waals surface area contributed by atoms with E-state index < -0.39 is 6.10 Å². The second-order valence-corrected chi connectivity index (χ2v) is 2.05. The van der Waals surface area contributed by atoms with E-state index in [1.54, 1.807) is 0 Å². The number of alkyl halides is 1. The van der Waals surface area contributed by atoms with E-state index in [2.05, 4.69) is 0 Å². The normalized spacial score (nSPS) is 12.7. The van der Waals surface area contributed by atoms with E-state index in [4.69, 9.17) is 10.4 Å². The van der Waals surface area contributed by atoms with Crippen molar-refractivity contribution >= 4 is 22.6 Å². The Morgan fingerprint density at radius 2 is 2.43 bits per heavy atom. The summed E-state index contributed by atoms with van der Waals surface area (Å²) in [5.74, 6) is 0. The van der Waals surface area contributed by atoms with Crippen LogP contribution in [0.25, 0.3) is 0 Å². The smallest absolute Gasteiger partial charge is 0.0759 e. The van der Waals surface area contributed by atoms with E-state index in [-0.39, 0.29) is 6.42 Å². The van der Waals surface area contributed by atoms with Crippen LogP contribution in [0.4, 0.5) is 0 Å². The van der Waals surface area contributed by atoms with Crippen molar-refractivity contribution in [3.63, 3.8) is 0 Å². The van der Waals surface area contributed by atoms with Crippen molar-refractivity contribution in [2.24, 2.45) is 0 Å². The molecule has 0 unspecified atom stereocenters. The first-order valence-corrected chi connectivity index (χ1v) is 3.44. The third kappa shape index (κ3) is 4.02. The number of aliphatic hydroxyl groups is 1. The molecule has 0 aliphatic rings. The van der Waals surface area contributed by atoms with Gasteiger partial charge in [-0.15, -0.1) is 0 Å². The van der Waals surface area contributed by atoms with Crippen LogP contribution in [0.1, 0.15) is 6.42 Å². The molecule has 3 heteroatoms. The molecule has 0 heterocycles. The molecule has 0 saturated carbocycles. The molecule has 0 amide bonds. The van der Waals surface area contributed by atoms with Crippen molar-refractivity contribution in [1.82, 2.24) is 0 Å².